The molecule has 1 amide bonds. The summed E-state index contributed by atoms with van der Waals surface area (Å²) in [7, 11) is 0.0168. The molecule has 2 heterocycles. The summed E-state index contributed by atoms with van der Waals surface area (Å²) in [5, 5.41) is 10.3. The molecule has 1 fully saturated rings. The lowest BCUT2D eigenvalue weighted by molar-refractivity contribution is -0.126. The minimum Gasteiger partial charge on any atom is -0.496 e. The molecule has 12 heteroatoms. The number of piperazine rings is 1. The van der Waals surface area contributed by atoms with Crippen molar-refractivity contribution in [1.29, 1.82) is 0 Å². The second-order valence-electron chi connectivity index (χ2n) is 9.34. The number of para-hydroxylation sites is 1. The maximum Gasteiger partial charge on any atom is 0.246 e. The molecule has 1 aromatic heterocycles. The predicted octanol–water partition coefficient (Wildman–Crippen LogP) is 3.67. The van der Waals surface area contributed by atoms with Gasteiger partial charge in [-0.3, -0.25) is 4.79 Å². The Morgan fingerprint density at radius 2 is 1.68 bits per heavy atom. The number of ether oxygens (including phenoxy) is 3. The van der Waals surface area contributed by atoms with E-state index in [1.165, 1.54) is 33.5 Å². The van der Waals surface area contributed by atoms with Crippen molar-refractivity contribution in [1.82, 2.24) is 10.1 Å². The van der Waals surface area contributed by atoms with Gasteiger partial charge < -0.3 is 28.5 Å². The van der Waals surface area contributed by atoms with Crippen LogP contribution in [0.15, 0.2) is 70.6 Å². The Hall–Kier alpha value is -4.55. The van der Waals surface area contributed by atoms with E-state index in [1.807, 2.05) is 36.4 Å². The number of benzene rings is 3. The number of hydrogen-bond acceptors (Lipinski definition) is 9. The second kappa shape index (κ2) is 11.1. The number of primary sulfonamides is 1. The fourth-order valence-electron chi connectivity index (χ4n) is 5.19. The van der Waals surface area contributed by atoms with E-state index in [0.29, 0.717) is 54.2 Å². The SMILES string of the molecule is C=CC(=O)N1CCN(c2ccccc2-c2cc(OC)c3c(-c4ccc(OC)c(S(N)(=O)=O)c4OC)noc3c2)CC1. The quantitative estimate of drug-likeness (QED) is 0.311. The summed E-state index contributed by atoms with van der Waals surface area (Å²) in [6, 6.07) is 14.8. The Balaban J connectivity index is 1.61. The largest absolute Gasteiger partial charge is 0.496 e. The van der Waals surface area contributed by atoms with Crippen molar-refractivity contribution in [2.75, 3.05) is 52.4 Å². The molecule has 1 aliphatic rings. The molecule has 11 nitrogen and oxygen atoms in total. The zero-order chi connectivity index (χ0) is 29.3. The monoisotopic (exact) mass is 578 g/mol. The zero-order valence-corrected chi connectivity index (χ0v) is 23.7. The van der Waals surface area contributed by atoms with Gasteiger partial charge in [-0.2, -0.15) is 0 Å². The lowest BCUT2D eigenvalue weighted by Crippen LogP contribution is -2.48. The molecule has 0 spiro atoms. The molecule has 1 saturated heterocycles. The average molecular weight is 579 g/mol. The van der Waals surface area contributed by atoms with Crippen LogP contribution in [-0.2, 0) is 14.8 Å². The molecule has 0 radical (unpaired) electrons. The van der Waals surface area contributed by atoms with Crippen molar-refractivity contribution >= 4 is 32.6 Å². The minimum absolute atomic E-state index is 0.0207. The first-order chi connectivity index (χ1) is 19.7. The number of amides is 1. The number of methoxy groups -OCH3 is 3. The lowest BCUT2D eigenvalue weighted by Gasteiger charge is -2.36. The van der Waals surface area contributed by atoms with Gasteiger partial charge in [0.15, 0.2) is 16.2 Å². The number of carbonyl (C=O) groups excluding carboxylic acids is 1. The first kappa shape index (κ1) is 28.0. The van der Waals surface area contributed by atoms with Crippen molar-refractivity contribution in [3.05, 3.63) is 61.2 Å². The number of rotatable bonds is 8. The molecule has 3 aromatic carbocycles. The van der Waals surface area contributed by atoms with Crippen molar-refractivity contribution in [2.24, 2.45) is 5.14 Å². The molecule has 0 atom stereocenters. The van der Waals surface area contributed by atoms with Crippen LogP contribution in [0.3, 0.4) is 0 Å². The molecule has 214 valence electrons. The number of nitrogens with two attached hydrogens (primary N) is 1. The van der Waals surface area contributed by atoms with Crippen LogP contribution in [-0.4, -0.2) is 71.9 Å². The predicted molar refractivity (Wildman–Crippen MR) is 155 cm³/mol. The summed E-state index contributed by atoms with van der Waals surface area (Å²) < 4.78 is 47.2. The van der Waals surface area contributed by atoms with Gasteiger partial charge in [0.1, 0.15) is 17.2 Å². The van der Waals surface area contributed by atoms with Gasteiger partial charge in [-0.15, -0.1) is 0 Å². The summed E-state index contributed by atoms with van der Waals surface area (Å²) >= 11 is 0. The van der Waals surface area contributed by atoms with E-state index >= 15 is 0 Å². The third-order valence-electron chi connectivity index (χ3n) is 7.12. The fourth-order valence-corrected chi connectivity index (χ4v) is 6.07. The number of aromatic nitrogens is 1. The van der Waals surface area contributed by atoms with E-state index in [0.717, 1.165) is 16.8 Å². The third kappa shape index (κ3) is 5.07. The van der Waals surface area contributed by atoms with E-state index in [4.69, 9.17) is 23.9 Å². The second-order valence-corrected chi connectivity index (χ2v) is 10.8. The lowest BCUT2D eigenvalue weighted by atomic mass is 9.98. The minimum atomic E-state index is -4.21. The van der Waals surface area contributed by atoms with Crippen molar-refractivity contribution in [3.8, 4) is 39.6 Å². The summed E-state index contributed by atoms with van der Waals surface area (Å²) in [6.45, 7) is 6.12. The topological polar surface area (TPSA) is 137 Å². The Morgan fingerprint density at radius 1 is 0.976 bits per heavy atom. The highest BCUT2D eigenvalue weighted by atomic mass is 32.2. The molecule has 0 aliphatic carbocycles. The molecule has 0 saturated carbocycles. The van der Waals surface area contributed by atoms with Crippen molar-refractivity contribution in [3.63, 3.8) is 0 Å². The highest BCUT2D eigenvalue weighted by molar-refractivity contribution is 7.89. The molecule has 1 aliphatic heterocycles. The van der Waals surface area contributed by atoms with Gasteiger partial charge in [0, 0.05) is 43.0 Å². The number of fused-ring (bicyclic) bond motifs is 1. The smallest absolute Gasteiger partial charge is 0.246 e. The van der Waals surface area contributed by atoms with Gasteiger partial charge in [0.05, 0.1) is 26.7 Å². The van der Waals surface area contributed by atoms with Gasteiger partial charge in [-0.1, -0.05) is 29.9 Å². The van der Waals surface area contributed by atoms with Gasteiger partial charge in [0.25, 0.3) is 0 Å². The highest BCUT2D eigenvalue weighted by Crippen LogP contribution is 2.46. The third-order valence-corrected chi connectivity index (χ3v) is 8.08. The van der Waals surface area contributed by atoms with Crippen molar-refractivity contribution in [2.45, 2.75) is 4.90 Å². The first-order valence-corrected chi connectivity index (χ1v) is 14.3. The molecule has 2 N–H and O–H groups in total. The van der Waals surface area contributed by atoms with E-state index in [1.54, 1.807) is 11.0 Å². The van der Waals surface area contributed by atoms with Crippen LogP contribution in [0.25, 0.3) is 33.4 Å². The maximum absolute atomic E-state index is 12.5. The zero-order valence-electron chi connectivity index (χ0n) is 22.9. The maximum atomic E-state index is 12.5. The molecular formula is C29H30N4O7S. The first-order valence-electron chi connectivity index (χ1n) is 12.7. The molecule has 41 heavy (non-hydrogen) atoms. The molecule has 0 bridgehead atoms. The highest BCUT2D eigenvalue weighted by Gasteiger charge is 2.29. The van der Waals surface area contributed by atoms with Crippen LogP contribution in [0.5, 0.6) is 17.2 Å². The normalized spacial score (nSPS) is 13.8. The summed E-state index contributed by atoms with van der Waals surface area (Å²) in [5.74, 6) is 0.424. The Kier molecular flexibility index (Phi) is 7.61. The summed E-state index contributed by atoms with van der Waals surface area (Å²) in [6.07, 6.45) is 1.34. The van der Waals surface area contributed by atoms with Crippen LogP contribution < -0.4 is 24.2 Å². The number of nitrogens with zero attached hydrogens (tertiary/aromatic N) is 3. The number of carbonyl (C=O) groups is 1. The molecule has 5 rings (SSSR count). The standard InChI is InChI=1S/C29H30N4O7S/c1-5-25(34)33-14-12-32(13-15-33)21-9-7-6-8-19(21)18-16-23(38-3)26-24(17-18)40-31-27(26)20-10-11-22(37-2)29(28(20)39-4)41(30,35)36/h5-11,16-17H,1,12-15H2,2-4H3,(H2,30,35,36). The average Bonchev–Trinajstić information content (AvgIpc) is 3.43. The number of sulfonamides is 1. The van der Waals surface area contributed by atoms with Crippen LogP contribution in [0.1, 0.15) is 0 Å². The van der Waals surface area contributed by atoms with E-state index in [9.17, 15) is 13.2 Å². The van der Waals surface area contributed by atoms with Crippen molar-refractivity contribution < 1.29 is 31.9 Å². The van der Waals surface area contributed by atoms with Gasteiger partial charge in [0.2, 0.25) is 15.9 Å². The van der Waals surface area contributed by atoms with Crippen LogP contribution in [0.2, 0.25) is 0 Å². The molecule has 4 aromatic rings. The molecular weight excluding hydrogens is 548 g/mol. The van der Waals surface area contributed by atoms with Gasteiger partial charge in [-0.25, -0.2) is 13.6 Å². The van der Waals surface area contributed by atoms with Crippen LogP contribution >= 0.6 is 0 Å². The Morgan fingerprint density at radius 3 is 2.32 bits per heavy atom. The van der Waals surface area contributed by atoms with Crippen LogP contribution in [0.4, 0.5) is 5.69 Å². The number of hydrogen-bond donors (Lipinski definition) is 1. The van der Waals surface area contributed by atoms with E-state index in [2.05, 4.69) is 16.6 Å². The van der Waals surface area contributed by atoms with Gasteiger partial charge >= 0.3 is 0 Å². The van der Waals surface area contributed by atoms with Gasteiger partial charge in [-0.05, 0) is 42.0 Å². The Labute approximate surface area is 237 Å². The fraction of sp³-hybridized carbons (Fsp3) is 0.241. The summed E-state index contributed by atoms with van der Waals surface area (Å²) in [5.41, 5.74) is 3.89. The molecule has 0 unspecified atom stereocenters. The van der Waals surface area contributed by atoms with E-state index in [-0.39, 0.29) is 22.3 Å². The number of anilines is 1. The van der Waals surface area contributed by atoms with Crippen LogP contribution in [0, 0.1) is 0 Å². The summed E-state index contributed by atoms with van der Waals surface area (Å²) in [4.78, 5) is 15.8. The Bertz CT molecular complexity index is 1740. The van der Waals surface area contributed by atoms with E-state index < -0.39 is 10.0 Å².